The first-order chi connectivity index (χ1) is 13.1. The number of nitrogens with one attached hydrogen (secondary N) is 1. The van der Waals surface area contributed by atoms with Gasteiger partial charge in [-0.3, -0.25) is 4.90 Å². The molecule has 1 unspecified atom stereocenters. The molecule has 3 aromatic rings. The molecule has 1 fully saturated rings. The van der Waals surface area contributed by atoms with Gasteiger partial charge in [-0.1, -0.05) is 5.16 Å². The number of aromatic nitrogens is 2. The molecule has 6 nitrogen and oxygen atoms in total. The Bertz CT molecular complexity index is 936. The van der Waals surface area contributed by atoms with E-state index in [4.69, 9.17) is 9.26 Å². The molecule has 0 spiro atoms. The average molecular weight is 409 g/mol. The minimum Gasteiger partial charge on any atom is -0.454 e. The zero-order valence-corrected chi connectivity index (χ0v) is 15.9. The van der Waals surface area contributed by atoms with Crippen molar-refractivity contribution >= 4 is 12.4 Å². The zero-order chi connectivity index (χ0) is 18.8. The lowest BCUT2D eigenvalue weighted by molar-refractivity contribution is 0.190. The fourth-order valence-electron chi connectivity index (χ4n) is 2.93. The van der Waals surface area contributed by atoms with Crippen LogP contribution in [0.15, 0.2) is 47.0 Å². The highest BCUT2D eigenvalue weighted by Crippen LogP contribution is 2.28. The Morgan fingerprint density at radius 3 is 2.68 bits per heavy atom. The Balaban J connectivity index is 0.00000225. The van der Waals surface area contributed by atoms with Gasteiger partial charge in [-0.15, -0.1) is 12.4 Å². The summed E-state index contributed by atoms with van der Waals surface area (Å²) in [5, 5.41) is 7.41. The molecule has 1 atom stereocenters. The lowest BCUT2D eigenvalue weighted by Crippen LogP contribution is -2.44. The second kappa shape index (κ2) is 8.64. The average Bonchev–Trinajstić information content (AvgIpc) is 3.15. The quantitative estimate of drug-likeness (QED) is 0.708. The lowest BCUT2D eigenvalue weighted by atomic mass is 10.2. The van der Waals surface area contributed by atoms with Crippen molar-refractivity contribution in [3.05, 3.63) is 59.9 Å². The molecule has 0 saturated carbocycles. The maximum atomic E-state index is 13.7. The number of benzene rings is 2. The summed E-state index contributed by atoms with van der Waals surface area (Å²) in [5.41, 5.74) is 0.729. The summed E-state index contributed by atoms with van der Waals surface area (Å²) in [6.45, 7) is 2.62. The van der Waals surface area contributed by atoms with E-state index in [-0.39, 0.29) is 24.2 Å². The van der Waals surface area contributed by atoms with Crippen molar-refractivity contribution in [3.63, 3.8) is 0 Å². The fraction of sp³-hybridized carbons (Fsp3) is 0.263. The number of halogens is 3. The summed E-state index contributed by atoms with van der Waals surface area (Å²) in [4.78, 5) is 6.67. The van der Waals surface area contributed by atoms with E-state index < -0.39 is 11.6 Å². The van der Waals surface area contributed by atoms with E-state index in [9.17, 15) is 8.78 Å². The predicted octanol–water partition coefficient (Wildman–Crippen LogP) is 3.81. The third kappa shape index (κ3) is 4.30. The standard InChI is InChI=1S/C19H18F2N4O2.ClH/c1-25-9-8-22-11-16(25)18-23-19(27-24-18)12-2-5-14(6-3-12)26-17-7-4-13(20)10-15(17)21;/h2-7,10,16,22H,8-9,11H2,1H3;1H. The van der Waals surface area contributed by atoms with Gasteiger partial charge in [-0.05, 0) is 43.4 Å². The maximum Gasteiger partial charge on any atom is 0.257 e. The molecule has 1 aromatic heterocycles. The molecule has 0 bridgehead atoms. The van der Waals surface area contributed by atoms with Gasteiger partial charge >= 0.3 is 0 Å². The number of hydrogen-bond donors (Lipinski definition) is 1. The second-order valence-corrected chi connectivity index (χ2v) is 6.36. The molecule has 2 aromatic carbocycles. The number of hydrogen-bond acceptors (Lipinski definition) is 6. The minimum absolute atomic E-state index is 0. The van der Waals surface area contributed by atoms with Crippen molar-refractivity contribution in [1.29, 1.82) is 0 Å². The van der Waals surface area contributed by atoms with Crippen LogP contribution in [-0.2, 0) is 0 Å². The van der Waals surface area contributed by atoms with Crippen LogP contribution < -0.4 is 10.1 Å². The molecule has 4 rings (SSSR count). The van der Waals surface area contributed by atoms with E-state index in [2.05, 4.69) is 20.4 Å². The first-order valence-electron chi connectivity index (χ1n) is 8.58. The molecule has 148 valence electrons. The van der Waals surface area contributed by atoms with Crippen molar-refractivity contribution in [2.24, 2.45) is 0 Å². The van der Waals surface area contributed by atoms with Gasteiger partial charge in [0, 0.05) is 31.3 Å². The highest BCUT2D eigenvalue weighted by atomic mass is 35.5. The minimum atomic E-state index is -0.758. The van der Waals surface area contributed by atoms with Crippen molar-refractivity contribution in [2.75, 3.05) is 26.7 Å². The van der Waals surface area contributed by atoms with Gasteiger partial charge in [-0.2, -0.15) is 4.98 Å². The van der Waals surface area contributed by atoms with Crippen LogP contribution >= 0.6 is 12.4 Å². The monoisotopic (exact) mass is 408 g/mol. The topological polar surface area (TPSA) is 63.4 Å². The van der Waals surface area contributed by atoms with E-state index in [1.807, 2.05) is 7.05 Å². The summed E-state index contributed by atoms with van der Waals surface area (Å²) in [5.74, 6) is 0.00112. The fourth-order valence-corrected chi connectivity index (χ4v) is 2.93. The van der Waals surface area contributed by atoms with Crippen LogP contribution in [0.2, 0.25) is 0 Å². The van der Waals surface area contributed by atoms with Crippen molar-refractivity contribution in [1.82, 2.24) is 20.4 Å². The number of likely N-dealkylation sites (N-methyl/N-ethyl adjacent to an activating group) is 1. The molecular formula is C19H19ClF2N4O2. The third-order valence-electron chi connectivity index (χ3n) is 4.47. The van der Waals surface area contributed by atoms with E-state index in [1.165, 1.54) is 6.07 Å². The highest BCUT2D eigenvalue weighted by Gasteiger charge is 2.25. The summed E-state index contributed by atoms with van der Waals surface area (Å²) < 4.78 is 37.5. The third-order valence-corrected chi connectivity index (χ3v) is 4.47. The smallest absolute Gasteiger partial charge is 0.257 e. The molecule has 1 N–H and O–H groups in total. The Morgan fingerprint density at radius 2 is 1.96 bits per heavy atom. The van der Waals surface area contributed by atoms with Gasteiger partial charge < -0.3 is 14.6 Å². The molecule has 9 heteroatoms. The number of ether oxygens (including phenoxy) is 1. The van der Waals surface area contributed by atoms with Crippen LogP contribution in [0.25, 0.3) is 11.5 Å². The number of nitrogens with zero attached hydrogens (tertiary/aromatic N) is 3. The van der Waals surface area contributed by atoms with Crippen molar-refractivity contribution in [2.45, 2.75) is 6.04 Å². The highest BCUT2D eigenvalue weighted by molar-refractivity contribution is 5.85. The van der Waals surface area contributed by atoms with Gasteiger partial charge in [-0.25, -0.2) is 8.78 Å². The van der Waals surface area contributed by atoms with Gasteiger partial charge in [0.1, 0.15) is 11.6 Å². The summed E-state index contributed by atoms with van der Waals surface area (Å²) in [6.07, 6.45) is 0. The predicted molar refractivity (Wildman–Crippen MR) is 102 cm³/mol. The maximum absolute atomic E-state index is 13.7. The molecule has 0 aliphatic carbocycles. The zero-order valence-electron chi connectivity index (χ0n) is 15.1. The Kier molecular flexibility index (Phi) is 6.23. The molecule has 1 aliphatic heterocycles. The van der Waals surface area contributed by atoms with Crippen LogP contribution in [0.3, 0.4) is 0 Å². The molecule has 0 radical (unpaired) electrons. The van der Waals surface area contributed by atoms with Crippen LogP contribution in [0.1, 0.15) is 11.9 Å². The number of rotatable bonds is 4. The normalized spacial score (nSPS) is 17.2. The largest absolute Gasteiger partial charge is 0.454 e. The van der Waals surface area contributed by atoms with E-state index in [0.29, 0.717) is 17.5 Å². The van der Waals surface area contributed by atoms with Crippen LogP contribution in [0, 0.1) is 11.6 Å². The van der Waals surface area contributed by atoms with E-state index in [0.717, 1.165) is 37.3 Å². The molecular weight excluding hydrogens is 390 g/mol. The Morgan fingerprint density at radius 1 is 1.18 bits per heavy atom. The molecule has 28 heavy (non-hydrogen) atoms. The second-order valence-electron chi connectivity index (χ2n) is 6.36. The first-order valence-corrected chi connectivity index (χ1v) is 8.58. The van der Waals surface area contributed by atoms with Crippen LogP contribution in [-0.4, -0.2) is 41.7 Å². The van der Waals surface area contributed by atoms with E-state index >= 15 is 0 Å². The van der Waals surface area contributed by atoms with Crippen molar-refractivity contribution in [3.8, 4) is 23.0 Å². The van der Waals surface area contributed by atoms with Crippen LogP contribution in [0.5, 0.6) is 11.5 Å². The summed E-state index contributed by atoms with van der Waals surface area (Å²) >= 11 is 0. The van der Waals surface area contributed by atoms with E-state index in [1.54, 1.807) is 24.3 Å². The molecule has 0 amide bonds. The Labute approximate surface area is 166 Å². The van der Waals surface area contributed by atoms with Gasteiger partial charge in [0.05, 0.1) is 6.04 Å². The molecule has 1 aliphatic rings. The lowest BCUT2D eigenvalue weighted by Gasteiger charge is -2.30. The van der Waals surface area contributed by atoms with Gasteiger partial charge in [0.15, 0.2) is 17.4 Å². The summed E-state index contributed by atoms with van der Waals surface area (Å²) in [6, 6.07) is 10.1. The number of piperazine rings is 1. The molecule has 1 saturated heterocycles. The van der Waals surface area contributed by atoms with Gasteiger partial charge in [0.2, 0.25) is 0 Å². The first kappa shape index (κ1) is 20.2. The van der Waals surface area contributed by atoms with Crippen LogP contribution in [0.4, 0.5) is 8.78 Å². The Hall–Kier alpha value is -2.55. The summed E-state index contributed by atoms with van der Waals surface area (Å²) in [7, 11) is 2.03. The SMILES string of the molecule is CN1CCNCC1c1noc(-c2ccc(Oc3ccc(F)cc3F)cc2)n1.Cl. The molecule has 2 heterocycles. The van der Waals surface area contributed by atoms with Gasteiger partial charge in [0.25, 0.3) is 5.89 Å². The van der Waals surface area contributed by atoms with Crippen molar-refractivity contribution < 1.29 is 18.0 Å².